The summed E-state index contributed by atoms with van der Waals surface area (Å²) < 4.78 is 0. The van der Waals surface area contributed by atoms with E-state index in [1.165, 1.54) is 32.1 Å². The molecule has 18 heavy (non-hydrogen) atoms. The van der Waals surface area contributed by atoms with Gasteiger partial charge >= 0.3 is 5.97 Å². The van der Waals surface area contributed by atoms with Crippen molar-refractivity contribution in [3.05, 3.63) is 0 Å². The van der Waals surface area contributed by atoms with Crippen molar-refractivity contribution >= 4 is 5.97 Å². The number of nitrogens with zero attached hydrogens (tertiary/aromatic N) is 1. The zero-order valence-corrected chi connectivity index (χ0v) is 11.7. The summed E-state index contributed by atoms with van der Waals surface area (Å²) in [5.41, 5.74) is -0.456. The summed E-state index contributed by atoms with van der Waals surface area (Å²) >= 11 is 0. The predicted molar refractivity (Wildman–Crippen MR) is 72.7 cm³/mol. The fraction of sp³-hybridized carbons (Fsp3) is 0.933. The predicted octanol–water partition coefficient (Wildman–Crippen LogP) is 3.29. The van der Waals surface area contributed by atoms with Crippen molar-refractivity contribution in [3.8, 4) is 0 Å². The van der Waals surface area contributed by atoms with E-state index in [1.54, 1.807) is 0 Å². The van der Waals surface area contributed by atoms with E-state index in [1.807, 2.05) is 0 Å². The molecule has 0 aromatic heterocycles. The van der Waals surface area contributed by atoms with Crippen LogP contribution in [0.1, 0.15) is 64.7 Å². The van der Waals surface area contributed by atoms with Gasteiger partial charge in [-0.3, -0.25) is 9.69 Å². The molecule has 1 N–H and O–H groups in total. The zero-order chi connectivity index (χ0) is 13.0. The van der Waals surface area contributed by atoms with Gasteiger partial charge in [0.25, 0.3) is 0 Å². The summed E-state index contributed by atoms with van der Waals surface area (Å²) in [5.74, 6) is -0.554. The van der Waals surface area contributed by atoms with Crippen LogP contribution < -0.4 is 0 Å². The molecule has 1 unspecified atom stereocenters. The molecule has 0 spiro atoms. The van der Waals surface area contributed by atoms with Crippen molar-refractivity contribution in [2.45, 2.75) is 70.8 Å². The largest absolute Gasteiger partial charge is 0.481 e. The first-order valence-corrected chi connectivity index (χ1v) is 7.61. The average Bonchev–Trinajstić information content (AvgIpc) is 2.59. The molecule has 0 radical (unpaired) electrons. The van der Waals surface area contributed by atoms with Crippen LogP contribution in [0.5, 0.6) is 0 Å². The topological polar surface area (TPSA) is 40.5 Å². The van der Waals surface area contributed by atoms with Crippen LogP contribution in [0, 0.1) is 5.41 Å². The molecule has 3 heteroatoms. The van der Waals surface area contributed by atoms with E-state index < -0.39 is 11.4 Å². The number of piperidine rings is 1. The van der Waals surface area contributed by atoms with Gasteiger partial charge in [-0.15, -0.1) is 0 Å². The van der Waals surface area contributed by atoms with Gasteiger partial charge in [0, 0.05) is 12.6 Å². The lowest BCUT2D eigenvalue weighted by molar-refractivity contribution is -0.152. The number of aliphatic carboxylic acids is 1. The van der Waals surface area contributed by atoms with Crippen molar-refractivity contribution in [1.82, 2.24) is 4.90 Å². The third kappa shape index (κ3) is 3.05. The van der Waals surface area contributed by atoms with Crippen molar-refractivity contribution < 1.29 is 9.90 Å². The molecule has 2 rings (SSSR count). The Hall–Kier alpha value is -0.570. The fourth-order valence-electron chi connectivity index (χ4n) is 3.63. The lowest BCUT2D eigenvalue weighted by Crippen LogP contribution is -2.48. The summed E-state index contributed by atoms with van der Waals surface area (Å²) in [5, 5.41) is 9.70. The van der Waals surface area contributed by atoms with Crippen LogP contribution in [-0.4, -0.2) is 35.1 Å². The van der Waals surface area contributed by atoms with Gasteiger partial charge < -0.3 is 5.11 Å². The highest BCUT2D eigenvalue weighted by molar-refractivity contribution is 5.75. The molecular formula is C15H27NO2. The molecule has 104 valence electrons. The van der Waals surface area contributed by atoms with Crippen LogP contribution in [0.25, 0.3) is 0 Å². The van der Waals surface area contributed by atoms with Crippen molar-refractivity contribution in [2.24, 2.45) is 5.41 Å². The van der Waals surface area contributed by atoms with Gasteiger partial charge in [0.15, 0.2) is 0 Å². The first-order chi connectivity index (χ1) is 8.64. The number of likely N-dealkylation sites (tertiary alicyclic amines) is 1. The lowest BCUT2D eigenvalue weighted by Gasteiger charge is -2.40. The molecule has 1 aliphatic carbocycles. The third-order valence-electron chi connectivity index (χ3n) is 4.96. The van der Waals surface area contributed by atoms with Crippen molar-refractivity contribution in [3.63, 3.8) is 0 Å². The lowest BCUT2D eigenvalue weighted by atomic mass is 9.79. The summed E-state index contributed by atoms with van der Waals surface area (Å²) in [4.78, 5) is 14.2. The van der Waals surface area contributed by atoms with Crippen LogP contribution in [-0.2, 0) is 4.79 Å². The molecule has 3 nitrogen and oxygen atoms in total. The second-order valence-electron chi connectivity index (χ2n) is 6.31. The van der Waals surface area contributed by atoms with E-state index in [-0.39, 0.29) is 0 Å². The van der Waals surface area contributed by atoms with E-state index in [0.717, 1.165) is 38.8 Å². The molecule has 2 fully saturated rings. The van der Waals surface area contributed by atoms with E-state index in [2.05, 4.69) is 11.8 Å². The highest BCUT2D eigenvalue weighted by atomic mass is 16.4. The van der Waals surface area contributed by atoms with Crippen molar-refractivity contribution in [1.29, 1.82) is 0 Å². The third-order valence-corrected chi connectivity index (χ3v) is 4.96. The first-order valence-electron chi connectivity index (χ1n) is 7.61. The van der Waals surface area contributed by atoms with Gasteiger partial charge in [0.05, 0.1) is 5.41 Å². The van der Waals surface area contributed by atoms with Gasteiger partial charge in [-0.05, 0) is 39.2 Å². The maximum absolute atomic E-state index is 11.8. The van der Waals surface area contributed by atoms with E-state index in [4.69, 9.17) is 0 Å². The normalized spacial score (nSPS) is 29.7. The second-order valence-corrected chi connectivity index (χ2v) is 6.31. The Morgan fingerprint density at radius 2 is 1.83 bits per heavy atom. The molecule has 0 aromatic carbocycles. The van der Waals surface area contributed by atoms with Crippen LogP contribution in [0.15, 0.2) is 0 Å². The smallest absolute Gasteiger partial charge is 0.310 e. The molecule has 1 atom stereocenters. The molecule has 2 aliphatic rings. The number of hydrogen-bond donors (Lipinski definition) is 1. The first kappa shape index (κ1) is 13.9. The molecule has 1 saturated carbocycles. The van der Waals surface area contributed by atoms with Crippen LogP contribution in [0.3, 0.4) is 0 Å². The monoisotopic (exact) mass is 253 g/mol. The SMILES string of the molecule is CC1CCCCN1CC1(C(=O)O)CCCCCC1. The second kappa shape index (κ2) is 6.05. The Bertz CT molecular complexity index is 282. The number of carbonyl (C=O) groups is 1. The molecule has 0 bridgehead atoms. The molecule has 0 amide bonds. The zero-order valence-electron chi connectivity index (χ0n) is 11.7. The molecular weight excluding hydrogens is 226 g/mol. The minimum absolute atomic E-state index is 0.456. The summed E-state index contributed by atoms with van der Waals surface area (Å²) in [6.07, 6.45) is 10.1. The van der Waals surface area contributed by atoms with E-state index in [9.17, 15) is 9.90 Å². The molecule has 1 saturated heterocycles. The number of rotatable bonds is 3. The molecule has 1 aliphatic heterocycles. The van der Waals surface area contributed by atoms with E-state index in [0.29, 0.717) is 6.04 Å². The summed E-state index contributed by atoms with van der Waals surface area (Å²) in [6.45, 7) is 4.13. The fourth-order valence-corrected chi connectivity index (χ4v) is 3.63. The Balaban J connectivity index is 2.06. The minimum atomic E-state index is -0.554. The number of carboxylic acid groups (broad SMARTS) is 1. The van der Waals surface area contributed by atoms with Gasteiger partial charge in [0.2, 0.25) is 0 Å². The maximum atomic E-state index is 11.8. The Morgan fingerprint density at radius 3 is 2.39 bits per heavy atom. The van der Waals surface area contributed by atoms with Gasteiger partial charge in [-0.2, -0.15) is 0 Å². The Morgan fingerprint density at radius 1 is 1.17 bits per heavy atom. The standard InChI is InChI=1S/C15H27NO2/c1-13-8-4-7-11-16(13)12-15(14(17)18)9-5-2-3-6-10-15/h13H,2-12H2,1H3,(H,17,18). The maximum Gasteiger partial charge on any atom is 0.310 e. The minimum Gasteiger partial charge on any atom is -0.481 e. The van der Waals surface area contributed by atoms with Crippen LogP contribution in [0.2, 0.25) is 0 Å². The Labute approximate surface area is 111 Å². The molecule has 1 heterocycles. The number of carboxylic acids is 1. The number of hydrogen-bond acceptors (Lipinski definition) is 2. The summed E-state index contributed by atoms with van der Waals surface area (Å²) in [6, 6.07) is 0.568. The summed E-state index contributed by atoms with van der Waals surface area (Å²) in [7, 11) is 0. The molecule has 0 aromatic rings. The van der Waals surface area contributed by atoms with Gasteiger partial charge in [0.1, 0.15) is 0 Å². The highest BCUT2D eigenvalue weighted by Crippen LogP contribution is 2.37. The average molecular weight is 253 g/mol. The quantitative estimate of drug-likeness (QED) is 0.785. The van der Waals surface area contributed by atoms with Crippen molar-refractivity contribution in [2.75, 3.05) is 13.1 Å². The Kier molecular flexibility index (Phi) is 4.66. The van der Waals surface area contributed by atoms with Crippen LogP contribution in [0.4, 0.5) is 0 Å². The van der Waals surface area contributed by atoms with E-state index >= 15 is 0 Å². The van der Waals surface area contributed by atoms with Gasteiger partial charge in [-0.25, -0.2) is 0 Å². The highest BCUT2D eigenvalue weighted by Gasteiger charge is 2.41. The van der Waals surface area contributed by atoms with Gasteiger partial charge in [-0.1, -0.05) is 32.1 Å². The van der Waals surface area contributed by atoms with Crippen LogP contribution >= 0.6 is 0 Å².